The van der Waals surface area contributed by atoms with Crippen molar-refractivity contribution in [3.8, 4) is 0 Å². The number of hydrogen-bond donors (Lipinski definition) is 0. The van der Waals surface area contributed by atoms with Crippen LogP contribution in [0.2, 0.25) is 0 Å². The van der Waals surface area contributed by atoms with Crippen molar-refractivity contribution < 1.29 is 22.8 Å². The van der Waals surface area contributed by atoms with Crippen molar-refractivity contribution in [2.24, 2.45) is 5.92 Å². The number of carbonyl (C=O) groups excluding carboxylic acids is 3. The zero-order valence-electron chi connectivity index (χ0n) is 11.0. The Labute approximate surface area is 116 Å². The molecule has 0 heterocycles. The summed E-state index contributed by atoms with van der Waals surface area (Å²) in [5.74, 6) is -2.89. The summed E-state index contributed by atoms with van der Waals surface area (Å²) < 4.78 is 23.4. The van der Waals surface area contributed by atoms with Crippen molar-refractivity contribution in [3.63, 3.8) is 0 Å². The third-order valence-corrected chi connectivity index (χ3v) is 4.46. The monoisotopic (exact) mass is 294 g/mol. The van der Waals surface area contributed by atoms with Crippen LogP contribution in [0.4, 0.5) is 0 Å². The maximum atomic E-state index is 12.4. The van der Waals surface area contributed by atoms with Crippen molar-refractivity contribution >= 4 is 27.2 Å². The van der Waals surface area contributed by atoms with Gasteiger partial charge in [0.25, 0.3) is 0 Å². The Kier molecular flexibility index (Phi) is 3.85. The van der Waals surface area contributed by atoms with Gasteiger partial charge in [-0.2, -0.15) is 0 Å². The molecule has 0 saturated heterocycles. The molecule has 2 rings (SSSR count). The van der Waals surface area contributed by atoms with Gasteiger partial charge in [-0.1, -0.05) is 18.2 Å². The van der Waals surface area contributed by atoms with Gasteiger partial charge in [0.2, 0.25) is 0 Å². The summed E-state index contributed by atoms with van der Waals surface area (Å²) in [7, 11) is -3.60. The lowest BCUT2D eigenvalue weighted by atomic mass is 9.82. The van der Waals surface area contributed by atoms with Gasteiger partial charge in [-0.3, -0.25) is 14.4 Å². The third-order valence-electron chi connectivity index (χ3n) is 3.30. The minimum Gasteiger partial charge on any atom is -0.298 e. The smallest absolute Gasteiger partial charge is 0.182 e. The van der Waals surface area contributed by atoms with Crippen LogP contribution >= 0.6 is 0 Å². The summed E-state index contributed by atoms with van der Waals surface area (Å²) in [6.45, 7) is 0. The van der Waals surface area contributed by atoms with E-state index in [1.807, 2.05) is 0 Å². The number of rotatable bonds is 3. The molecular formula is C14H14O5S. The van der Waals surface area contributed by atoms with Gasteiger partial charge in [-0.25, -0.2) is 8.42 Å². The summed E-state index contributed by atoms with van der Waals surface area (Å²) in [6.07, 6.45) is 1.81. The molecule has 20 heavy (non-hydrogen) atoms. The first-order chi connectivity index (χ1) is 9.32. The SMILES string of the molecule is CS(=O)(=O)c1ccccc1C(=O)C1C(=O)CCCC1=O. The minimum atomic E-state index is -3.60. The van der Waals surface area contributed by atoms with E-state index in [9.17, 15) is 22.8 Å². The van der Waals surface area contributed by atoms with Gasteiger partial charge >= 0.3 is 0 Å². The molecule has 0 bridgehead atoms. The number of carbonyl (C=O) groups is 3. The Morgan fingerprint density at radius 3 is 2.20 bits per heavy atom. The fraction of sp³-hybridized carbons (Fsp3) is 0.357. The topological polar surface area (TPSA) is 85.3 Å². The van der Waals surface area contributed by atoms with Gasteiger partial charge in [-0.05, 0) is 12.5 Å². The van der Waals surface area contributed by atoms with E-state index in [2.05, 4.69) is 0 Å². The van der Waals surface area contributed by atoms with E-state index in [0.29, 0.717) is 6.42 Å². The van der Waals surface area contributed by atoms with Crippen molar-refractivity contribution in [1.82, 2.24) is 0 Å². The summed E-state index contributed by atoms with van der Waals surface area (Å²) in [5.41, 5.74) is -0.0800. The van der Waals surface area contributed by atoms with Crippen LogP contribution in [0.25, 0.3) is 0 Å². The van der Waals surface area contributed by atoms with Crippen LogP contribution in [0.5, 0.6) is 0 Å². The molecule has 1 aliphatic rings. The number of benzene rings is 1. The summed E-state index contributed by atoms with van der Waals surface area (Å²) in [4.78, 5) is 35.8. The molecule has 106 valence electrons. The molecule has 0 spiro atoms. The average Bonchev–Trinajstić information content (AvgIpc) is 2.37. The average molecular weight is 294 g/mol. The van der Waals surface area contributed by atoms with E-state index in [0.717, 1.165) is 6.26 Å². The molecule has 0 N–H and O–H groups in total. The lowest BCUT2D eigenvalue weighted by Gasteiger charge is -2.19. The van der Waals surface area contributed by atoms with Crippen LogP contribution in [0, 0.1) is 5.92 Å². The number of hydrogen-bond acceptors (Lipinski definition) is 5. The Balaban J connectivity index is 2.49. The Bertz CT molecular complexity index is 671. The highest BCUT2D eigenvalue weighted by Gasteiger charge is 2.37. The fourth-order valence-corrected chi connectivity index (χ4v) is 3.24. The normalized spacial score (nSPS) is 17.2. The summed E-state index contributed by atoms with van der Waals surface area (Å²) in [6, 6.07) is 5.66. The molecule has 0 radical (unpaired) electrons. The standard InChI is InChI=1S/C14H14O5S/c1-20(18,19)12-8-3-2-5-9(12)14(17)13-10(15)6-4-7-11(13)16/h2-3,5,8,13H,4,6-7H2,1H3. The number of sulfone groups is 1. The van der Waals surface area contributed by atoms with E-state index in [4.69, 9.17) is 0 Å². The maximum Gasteiger partial charge on any atom is 0.182 e. The van der Waals surface area contributed by atoms with Crippen molar-refractivity contribution in [1.29, 1.82) is 0 Å². The summed E-state index contributed by atoms with van der Waals surface area (Å²) >= 11 is 0. The maximum absolute atomic E-state index is 12.4. The fourth-order valence-electron chi connectivity index (χ4n) is 2.35. The molecule has 6 heteroatoms. The molecule has 1 aromatic rings. The second-order valence-electron chi connectivity index (χ2n) is 4.85. The van der Waals surface area contributed by atoms with Gasteiger partial charge in [-0.15, -0.1) is 0 Å². The van der Waals surface area contributed by atoms with E-state index in [1.54, 1.807) is 0 Å². The molecular weight excluding hydrogens is 280 g/mol. The highest BCUT2D eigenvalue weighted by atomic mass is 32.2. The van der Waals surface area contributed by atoms with Crippen molar-refractivity contribution in [3.05, 3.63) is 29.8 Å². The first-order valence-corrected chi connectivity index (χ1v) is 8.10. The van der Waals surface area contributed by atoms with Gasteiger partial charge in [0, 0.05) is 24.7 Å². The quantitative estimate of drug-likeness (QED) is 0.618. The van der Waals surface area contributed by atoms with Crippen LogP contribution in [0.15, 0.2) is 29.2 Å². The third kappa shape index (κ3) is 2.70. The zero-order valence-corrected chi connectivity index (χ0v) is 11.8. The van der Waals surface area contributed by atoms with Gasteiger partial charge < -0.3 is 0 Å². The Hall–Kier alpha value is -1.82. The molecule has 0 amide bonds. The van der Waals surface area contributed by atoms with Crippen LogP contribution < -0.4 is 0 Å². The van der Waals surface area contributed by atoms with Crippen LogP contribution in [-0.4, -0.2) is 32.0 Å². The molecule has 1 aromatic carbocycles. The lowest BCUT2D eigenvalue weighted by Crippen LogP contribution is -2.35. The molecule has 0 aliphatic heterocycles. The molecule has 5 nitrogen and oxygen atoms in total. The Morgan fingerprint density at radius 1 is 1.10 bits per heavy atom. The second-order valence-corrected chi connectivity index (χ2v) is 6.84. The highest BCUT2D eigenvalue weighted by molar-refractivity contribution is 7.90. The van der Waals surface area contributed by atoms with Crippen molar-refractivity contribution in [2.45, 2.75) is 24.2 Å². The van der Waals surface area contributed by atoms with Crippen LogP contribution in [0.3, 0.4) is 0 Å². The predicted molar refractivity (Wildman–Crippen MR) is 71.2 cm³/mol. The van der Waals surface area contributed by atoms with Gasteiger partial charge in [0.1, 0.15) is 5.92 Å². The highest BCUT2D eigenvalue weighted by Crippen LogP contribution is 2.25. The van der Waals surface area contributed by atoms with E-state index >= 15 is 0 Å². The zero-order chi connectivity index (χ0) is 14.9. The van der Waals surface area contributed by atoms with Crippen LogP contribution in [0.1, 0.15) is 29.6 Å². The first kappa shape index (κ1) is 14.6. The molecule has 0 aromatic heterocycles. The van der Waals surface area contributed by atoms with Gasteiger partial charge in [0.05, 0.1) is 4.90 Å². The molecule has 0 atom stereocenters. The first-order valence-electron chi connectivity index (χ1n) is 6.21. The molecule has 0 unspecified atom stereocenters. The van der Waals surface area contributed by atoms with Crippen LogP contribution in [-0.2, 0) is 19.4 Å². The van der Waals surface area contributed by atoms with Gasteiger partial charge in [0.15, 0.2) is 27.2 Å². The van der Waals surface area contributed by atoms with E-state index < -0.39 is 33.1 Å². The lowest BCUT2D eigenvalue weighted by molar-refractivity contribution is -0.133. The molecule has 1 aliphatic carbocycles. The largest absolute Gasteiger partial charge is 0.298 e. The molecule has 1 fully saturated rings. The minimum absolute atomic E-state index is 0.0800. The number of ketones is 3. The Morgan fingerprint density at radius 2 is 1.65 bits per heavy atom. The molecule has 1 saturated carbocycles. The van der Waals surface area contributed by atoms with Crippen molar-refractivity contribution in [2.75, 3.05) is 6.26 Å². The van der Waals surface area contributed by atoms with E-state index in [1.165, 1.54) is 24.3 Å². The predicted octanol–water partition coefficient (Wildman–Crippen LogP) is 1.21. The van der Waals surface area contributed by atoms with E-state index in [-0.39, 0.29) is 23.3 Å². The number of Topliss-reactive ketones (excluding diaryl/α,β-unsaturated/α-hetero) is 3. The second kappa shape index (κ2) is 5.28. The summed E-state index contributed by atoms with van der Waals surface area (Å²) in [5, 5.41) is 0.